The van der Waals surface area contributed by atoms with Gasteiger partial charge in [-0.2, -0.15) is 0 Å². The molecule has 16 heavy (non-hydrogen) atoms. The molecule has 0 saturated carbocycles. The van der Waals surface area contributed by atoms with Crippen LogP contribution in [0.5, 0.6) is 5.75 Å². The predicted molar refractivity (Wildman–Crippen MR) is 51.2 cm³/mol. The van der Waals surface area contributed by atoms with Crippen molar-refractivity contribution in [1.29, 1.82) is 0 Å². The number of hydrogen-bond donors (Lipinski definition) is 1. The predicted octanol–water partition coefficient (Wildman–Crippen LogP) is 2.87. The molecule has 0 radical (unpaired) electrons. The van der Waals surface area contributed by atoms with Gasteiger partial charge in [-0.3, -0.25) is 4.98 Å². The lowest BCUT2D eigenvalue weighted by Gasteiger charge is -2.03. The van der Waals surface area contributed by atoms with Crippen LogP contribution in [0.2, 0.25) is 0 Å². The molecule has 0 aliphatic rings. The molecule has 0 unspecified atom stereocenters. The minimum Gasteiger partial charge on any atom is -0.506 e. The summed E-state index contributed by atoms with van der Waals surface area (Å²) in [5.74, 6) is -4.21. The summed E-state index contributed by atoms with van der Waals surface area (Å²) < 4.78 is 38.5. The first-order chi connectivity index (χ1) is 7.58. The van der Waals surface area contributed by atoms with Gasteiger partial charge in [-0.15, -0.1) is 0 Å². The Morgan fingerprint density at radius 1 is 0.875 bits per heavy atom. The van der Waals surface area contributed by atoms with E-state index >= 15 is 0 Å². The van der Waals surface area contributed by atoms with E-state index in [-0.39, 0.29) is 11.3 Å². The largest absolute Gasteiger partial charge is 0.506 e. The van der Waals surface area contributed by atoms with Crippen LogP contribution in [-0.4, -0.2) is 10.1 Å². The van der Waals surface area contributed by atoms with Gasteiger partial charge in [-0.05, 0) is 23.8 Å². The van der Waals surface area contributed by atoms with E-state index in [1.807, 2.05) is 0 Å². The van der Waals surface area contributed by atoms with E-state index in [1.165, 1.54) is 18.5 Å². The number of pyridine rings is 1. The van der Waals surface area contributed by atoms with Crippen molar-refractivity contribution in [3.05, 3.63) is 48.0 Å². The third-order valence-electron chi connectivity index (χ3n) is 2.04. The summed E-state index contributed by atoms with van der Waals surface area (Å²) in [6.07, 6.45) is 2.49. The quantitative estimate of drug-likeness (QED) is 0.757. The third kappa shape index (κ3) is 1.84. The second kappa shape index (κ2) is 3.84. The van der Waals surface area contributed by atoms with E-state index in [2.05, 4.69) is 4.98 Å². The summed E-state index contributed by atoms with van der Waals surface area (Å²) in [5, 5.41) is 9.14. The van der Waals surface area contributed by atoms with Gasteiger partial charge in [-0.25, -0.2) is 13.2 Å². The highest BCUT2D eigenvalue weighted by molar-refractivity contribution is 5.63. The Morgan fingerprint density at radius 2 is 1.50 bits per heavy atom. The van der Waals surface area contributed by atoms with Gasteiger partial charge < -0.3 is 5.11 Å². The molecule has 0 aliphatic carbocycles. The van der Waals surface area contributed by atoms with Crippen LogP contribution < -0.4 is 0 Å². The standard InChI is InChI=1S/C11H6F3NO/c12-9-2-6(3-10(13)11(9)14)7-1-8(16)5-15-4-7/h1-5,16H. The number of benzene rings is 1. The Kier molecular flexibility index (Phi) is 2.52. The second-order valence-electron chi connectivity index (χ2n) is 3.19. The second-order valence-corrected chi connectivity index (χ2v) is 3.19. The molecule has 82 valence electrons. The van der Waals surface area contributed by atoms with Crippen molar-refractivity contribution in [1.82, 2.24) is 4.98 Å². The van der Waals surface area contributed by atoms with Crippen molar-refractivity contribution in [2.75, 3.05) is 0 Å². The maximum absolute atomic E-state index is 12.9. The molecule has 0 amide bonds. The molecule has 5 heteroatoms. The number of halogens is 3. The van der Waals surface area contributed by atoms with Crippen molar-refractivity contribution in [2.45, 2.75) is 0 Å². The highest BCUT2D eigenvalue weighted by atomic mass is 19.2. The minimum atomic E-state index is -1.52. The van der Waals surface area contributed by atoms with Crippen molar-refractivity contribution in [3.63, 3.8) is 0 Å². The molecule has 1 aromatic heterocycles. The van der Waals surface area contributed by atoms with Gasteiger partial charge in [-0.1, -0.05) is 0 Å². The average molecular weight is 225 g/mol. The van der Waals surface area contributed by atoms with Gasteiger partial charge in [0, 0.05) is 11.8 Å². The molecule has 0 saturated heterocycles. The number of aromatic hydroxyl groups is 1. The molecule has 0 aliphatic heterocycles. The molecule has 0 bridgehead atoms. The first kappa shape index (κ1) is 10.5. The smallest absolute Gasteiger partial charge is 0.194 e. The lowest BCUT2D eigenvalue weighted by atomic mass is 10.1. The summed E-state index contributed by atoms with van der Waals surface area (Å²) >= 11 is 0. The molecular weight excluding hydrogens is 219 g/mol. The Morgan fingerprint density at radius 3 is 2.06 bits per heavy atom. The fourth-order valence-electron chi connectivity index (χ4n) is 1.31. The first-order valence-corrected chi connectivity index (χ1v) is 4.37. The van der Waals surface area contributed by atoms with Crippen molar-refractivity contribution in [3.8, 4) is 16.9 Å². The number of nitrogens with zero attached hydrogens (tertiary/aromatic N) is 1. The average Bonchev–Trinajstić information content (AvgIpc) is 2.25. The minimum absolute atomic E-state index is 0.111. The van der Waals surface area contributed by atoms with Crippen LogP contribution in [-0.2, 0) is 0 Å². The van der Waals surface area contributed by atoms with Crippen LogP contribution in [0.3, 0.4) is 0 Å². The zero-order valence-corrected chi connectivity index (χ0v) is 7.92. The molecule has 2 aromatic rings. The van der Waals surface area contributed by atoms with E-state index in [1.54, 1.807) is 0 Å². The van der Waals surface area contributed by atoms with Gasteiger partial charge in [0.1, 0.15) is 5.75 Å². The van der Waals surface area contributed by atoms with E-state index in [4.69, 9.17) is 5.11 Å². The lowest BCUT2D eigenvalue weighted by molar-refractivity contribution is 0.447. The maximum atomic E-state index is 12.9. The first-order valence-electron chi connectivity index (χ1n) is 4.37. The van der Waals surface area contributed by atoms with E-state index in [9.17, 15) is 13.2 Å². The zero-order chi connectivity index (χ0) is 11.7. The van der Waals surface area contributed by atoms with Gasteiger partial charge in [0.25, 0.3) is 0 Å². The molecule has 0 spiro atoms. The van der Waals surface area contributed by atoms with Crippen molar-refractivity contribution < 1.29 is 18.3 Å². The Labute approximate surface area is 89.0 Å². The van der Waals surface area contributed by atoms with Crippen LogP contribution in [0, 0.1) is 17.5 Å². The van der Waals surface area contributed by atoms with Gasteiger partial charge in [0.15, 0.2) is 17.5 Å². The summed E-state index contributed by atoms with van der Waals surface area (Å²) in [4.78, 5) is 3.65. The molecule has 1 heterocycles. The Hall–Kier alpha value is -2.04. The molecule has 0 fully saturated rings. The maximum Gasteiger partial charge on any atom is 0.194 e. The van der Waals surface area contributed by atoms with E-state index < -0.39 is 17.5 Å². The normalized spacial score (nSPS) is 10.4. The number of rotatable bonds is 1. The van der Waals surface area contributed by atoms with Crippen LogP contribution in [0.1, 0.15) is 0 Å². The highest BCUT2D eigenvalue weighted by Crippen LogP contribution is 2.25. The SMILES string of the molecule is Oc1cncc(-c2cc(F)c(F)c(F)c2)c1. The van der Waals surface area contributed by atoms with Crippen LogP contribution in [0.25, 0.3) is 11.1 Å². The summed E-state index contributed by atoms with van der Waals surface area (Å²) in [6.45, 7) is 0. The molecule has 2 rings (SSSR count). The fourth-order valence-corrected chi connectivity index (χ4v) is 1.31. The molecule has 1 N–H and O–H groups in total. The molecule has 0 atom stereocenters. The van der Waals surface area contributed by atoms with Crippen LogP contribution in [0.4, 0.5) is 13.2 Å². The topological polar surface area (TPSA) is 33.1 Å². The van der Waals surface area contributed by atoms with E-state index in [0.29, 0.717) is 5.56 Å². The van der Waals surface area contributed by atoms with Gasteiger partial charge >= 0.3 is 0 Å². The highest BCUT2D eigenvalue weighted by Gasteiger charge is 2.11. The zero-order valence-electron chi connectivity index (χ0n) is 7.92. The molecular formula is C11H6F3NO. The lowest BCUT2D eigenvalue weighted by Crippen LogP contribution is -1.92. The Balaban J connectivity index is 2.57. The monoisotopic (exact) mass is 225 g/mol. The number of aromatic nitrogens is 1. The summed E-state index contributed by atoms with van der Waals surface area (Å²) in [6, 6.07) is 2.96. The Bertz CT molecular complexity index is 519. The van der Waals surface area contributed by atoms with Crippen LogP contribution >= 0.6 is 0 Å². The fraction of sp³-hybridized carbons (Fsp3) is 0. The molecule has 2 nitrogen and oxygen atoms in total. The van der Waals surface area contributed by atoms with Gasteiger partial charge in [0.2, 0.25) is 0 Å². The van der Waals surface area contributed by atoms with E-state index in [0.717, 1.165) is 12.1 Å². The van der Waals surface area contributed by atoms with Crippen molar-refractivity contribution >= 4 is 0 Å². The van der Waals surface area contributed by atoms with Crippen LogP contribution in [0.15, 0.2) is 30.6 Å². The van der Waals surface area contributed by atoms with Gasteiger partial charge in [0.05, 0.1) is 6.20 Å². The summed E-state index contributed by atoms with van der Waals surface area (Å²) in [5.41, 5.74) is 0.414. The third-order valence-corrected chi connectivity index (χ3v) is 2.04. The van der Waals surface area contributed by atoms with Crippen molar-refractivity contribution in [2.24, 2.45) is 0 Å². The molecule has 1 aromatic carbocycles. The summed E-state index contributed by atoms with van der Waals surface area (Å²) in [7, 11) is 0. The number of hydrogen-bond acceptors (Lipinski definition) is 2.